The molecule has 0 N–H and O–H groups in total. The van der Waals surface area contributed by atoms with Crippen LogP contribution in [0.1, 0.15) is 11.3 Å². The fourth-order valence-electron chi connectivity index (χ4n) is 3.13. The highest BCUT2D eigenvalue weighted by molar-refractivity contribution is 6.30. The van der Waals surface area contributed by atoms with Gasteiger partial charge in [0, 0.05) is 29.9 Å². The molecule has 0 saturated carbocycles. The summed E-state index contributed by atoms with van der Waals surface area (Å²) in [6, 6.07) is 14.2. The van der Waals surface area contributed by atoms with Crippen molar-refractivity contribution in [2.45, 2.75) is 6.54 Å². The Hall–Kier alpha value is -2.87. The number of benzene rings is 1. The molecule has 0 amide bonds. The van der Waals surface area contributed by atoms with Gasteiger partial charge in [0.05, 0.1) is 17.5 Å². The number of furan rings is 1. The van der Waals surface area contributed by atoms with E-state index < -0.39 is 4.92 Å². The van der Waals surface area contributed by atoms with E-state index in [-0.39, 0.29) is 18.1 Å². The molecule has 1 aliphatic rings. The zero-order chi connectivity index (χ0) is 21.1. The molecule has 1 aliphatic heterocycles. The maximum atomic E-state index is 11.8. The molecule has 1 aromatic carbocycles. The normalized spacial score (nSPS) is 13.7. The minimum absolute atomic E-state index is 0. The molecule has 0 fully saturated rings. The van der Waals surface area contributed by atoms with E-state index in [1.165, 1.54) is 6.08 Å². The van der Waals surface area contributed by atoms with E-state index >= 15 is 0 Å². The summed E-state index contributed by atoms with van der Waals surface area (Å²) in [5, 5.41) is 12.8. The van der Waals surface area contributed by atoms with Gasteiger partial charge in [0.15, 0.2) is 0 Å². The minimum Gasteiger partial charge on any atom is -0.456 e. The van der Waals surface area contributed by atoms with E-state index in [9.17, 15) is 10.1 Å². The molecule has 0 unspecified atom stereocenters. The van der Waals surface area contributed by atoms with Crippen molar-refractivity contribution in [3.05, 3.63) is 92.0 Å². The van der Waals surface area contributed by atoms with Crippen molar-refractivity contribution >= 4 is 47.5 Å². The molecule has 3 heterocycles. The number of nitro groups is 1. The summed E-state index contributed by atoms with van der Waals surface area (Å²) in [5.41, 5.74) is 1.60. The average molecular weight is 480 g/mol. The summed E-state index contributed by atoms with van der Waals surface area (Å²) >= 11 is 11.7. The van der Waals surface area contributed by atoms with E-state index in [2.05, 4.69) is 9.98 Å². The minimum atomic E-state index is -0.443. The SMILES string of the molecule is Cl.O=[N+]([O-])/C(=C/c1ccc(-c2ccc(Cl)cc2)o1)C1=NCCN1Cc1ccc(Cl)nc1. The molecule has 0 saturated heterocycles. The van der Waals surface area contributed by atoms with Gasteiger partial charge in [-0.2, -0.15) is 0 Å². The molecule has 31 heavy (non-hydrogen) atoms. The molecule has 4 rings (SSSR count). The Labute approximate surface area is 194 Å². The summed E-state index contributed by atoms with van der Waals surface area (Å²) < 4.78 is 5.79. The predicted octanol–water partition coefficient (Wildman–Crippen LogP) is 5.60. The van der Waals surface area contributed by atoms with Crippen LogP contribution < -0.4 is 0 Å². The summed E-state index contributed by atoms with van der Waals surface area (Å²) in [6.45, 7) is 1.51. The van der Waals surface area contributed by atoms with Gasteiger partial charge >= 0.3 is 5.70 Å². The van der Waals surface area contributed by atoms with E-state index in [0.29, 0.717) is 47.2 Å². The number of amidine groups is 1. The molecule has 160 valence electrons. The lowest BCUT2D eigenvalue weighted by atomic mass is 10.2. The molecule has 10 heteroatoms. The third-order valence-corrected chi connectivity index (χ3v) is 5.03. The molecule has 2 aromatic heterocycles. The number of aliphatic imine (C=N–C) groups is 1. The van der Waals surface area contributed by atoms with E-state index in [0.717, 1.165) is 11.1 Å². The summed E-state index contributed by atoms with van der Waals surface area (Å²) in [4.78, 5) is 21.6. The Bertz CT molecular complexity index is 1130. The first-order chi connectivity index (χ1) is 14.5. The molecule has 0 atom stereocenters. The molecule has 0 bridgehead atoms. The van der Waals surface area contributed by atoms with Crippen LogP contribution in [0.25, 0.3) is 17.4 Å². The fraction of sp³-hybridized carbons (Fsp3) is 0.143. The second kappa shape index (κ2) is 9.96. The maximum absolute atomic E-state index is 11.8. The quantitative estimate of drug-likeness (QED) is 0.261. The van der Waals surface area contributed by atoms with Crippen LogP contribution in [-0.4, -0.2) is 33.7 Å². The maximum Gasteiger partial charge on any atom is 0.314 e. The van der Waals surface area contributed by atoms with Gasteiger partial charge in [0.2, 0.25) is 5.84 Å². The van der Waals surface area contributed by atoms with Gasteiger partial charge < -0.3 is 9.32 Å². The van der Waals surface area contributed by atoms with Crippen LogP contribution in [0.4, 0.5) is 0 Å². The smallest absolute Gasteiger partial charge is 0.314 e. The number of halogens is 3. The molecule has 7 nitrogen and oxygen atoms in total. The van der Waals surface area contributed by atoms with Crippen LogP contribution in [0.2, 0.25) is 10.2 Å². The number of pyridine rings is 1. The van der Waals surface area contributed by atoms with Gasteiger partial charge in [0.1, 0.15) is 16.7 Å². The van der Waals surface area contributed by atoms with Crippen LogP contribution in [0.15, 0.2) is 69.8 Å². The second-order valence-electron chi connectivity index (χ2n) is 6.61. The second-order valence-corrected chi connectivity index (χ2v) is 7.44. The standard InChI is InChI=1S/C21H16Cl2N4O3.ClH/c22-16-4-2-15(3-5-16)19-7-6-17(30-19)11-18(27(28)29)21-24-9-10-26(21)13-14-1-8-20(23)25-12-14;/h1-8,11-12H,9-10,13H2;1H/b18-11+;. The molecular formula is C21H17Cl3N4O3. The van der Waals surface area contributed by atoms with Gasteiger partial charge in [-0.1, -0.05) is 29.3 Å². The molecule has 0 radical (unpaired) electrons. The van der Waals surface area contributed by atoms with Crippen LogP contribution in [0.3, 0.4) is 0 Å². The first-order valence-electron chi connectivity index (χ1n) is 9.11. The van der Waals surface area contributed by atoms with Crippen molar-refractivity contribution in [2.24, 2.45) is 4.99 Å². The highest BCUT2D eigenvalue weighted by Gasteiger charge is 2.29. The van der Waals surface area contributed by atoms with Crippen molar-refractivity contribution < 1.29 is 9.34 Å². The van der Waals surface area contributed by atoms with Crippen molar-refractivity contribution in [2.75, 3.05) is 13.1 Å². The van der Waals surface area contributed by atoms with E-state index in [1.54, 1.807) is 36.5 Å². The van der Waals surface area contributed by atoms with Gasteiger partial charge in [-0.25, -0.2) is 4.98 Å². The highest BCUT2D eigenvalue weighted by atomic mass is 35.5. The van der Waals surface area contributed by atoms with Crippen molar-refractivity contribution in [3.63, 3.8) is 0 Å². The first kappa shape index (κ1) is 22.8. The largest absolute Gasteiger partial charge is 0.456 e. The van der Waals surface area contributed by atoms with Gasteiger partial charge in [-0.3, -0.25) is 15.1 Å². The molecule has 0 aliphatic carbocycles. The number of rotatable bonds is 6. The Kier molecular flexibility index (Phi) is 7.33. The Morgan fingerprint density at radius 3 is 2.61 bits per heavy atom. The van der Waals surface area contributed by atoms with Crippen molar-refractivity contribution in [1.29, 1.82) is 0 Å². The van der Waals surface area contributed by atoms with E-state index in [4.69, 9.17) is 27.6 Å². The predicted molar refractivity (Wildman–Crippen MR) is 123 cm³/mol. The number of aromatic nitrogens is 1. The topological polar surface area (TPSA) is 84.8 Å². The van der Waals surface area contributed by atoms with Crippen LogP contribution in [-0.2, 0) is 6.54 Å². The van der Waals surface area contributed by atoms with Gasteiger partial charge in [-0.05, 0) is 48.0 Å². The van der Waals surface area contributed by atoms with Crippen LogP contribution in [0, 0.1) is 10.1 Å². The van der Waals surface area contributed by atoms with Gasteiger partial charge in [0.25, 0.3) is 0 Å². The Balaban J connectivity index is 0.00000272. The molecular weight excluding hydrogens is 463 g/mol. The summed E-state index contributed by atoms with van der Waals surface area (Å²) in [5.74, 6) is 1.28. The molecule has 0 spiro atoms. The van der Waals surface area contributed by atoms with Crippen molar-refractivity contribution in [1.82, 2.24) is 9.88 Å². The fourth-order valence-corrected chi connectivity index (χ4v) is 3.37. The summed E-state index contributed by atoms with van der Waals surface area (Å²) in [7, 11) is 0. The monoisotopic (exact) mass is 478 g/mol. The van der Waals surface area contributed by atoms with Gasteiger partial charge in [-0.15, -0.1) is 12.4 Å². The zero-order valence-corrected chi connectivity index (χ0v) is 18.4. The number of nitrogens with zero attached hydrogens (tertiary/aromatic N) is 4. The summed E-state index contributed by atoms with van der Waals surface area (Å²) in [6.07, 6.45) is 3.05. The third kappa shape index (κ3) is 5.44. The Morgan fingerprint density at radius 1 is 1.16 bits per heavy atom. The van der Waals surface area contributed by atoms with Crippen molar-refractivity contribution in [3.8, 4) is 11.3 Å². The highest BCUT2D eigenvalue weighted by Crippen LogP contribution is 2.26. The molecule has 3 aromatic rings. The van der Waals surface area contributed by atoms with Crippen LogP contribution in [0.5, 0.6) is 0 Å². The number of hydrogen-bond donors (Lipinski definition) is 0. The first-order valence-corrected chi connectivity index (χ1v) is 9.87. The lowest BCUT2D eigenvalue weighted by molar-refractivity contribution is -0.414. The van der Waals surface area contributed by atoms with E-state index in [1.807, 2.05) is 23.1 Å². The van der Waals surface area contributed by atoms with Crippen LogP contribution >= 0.6 is 35.6 Å². The zero-order valence-electron chi connectivity index (χ0n) is 16.1. The number of hydrogen-bond acceptors (Lipinski definition) is 6. The third-order valence-electron chi connectivity index (χ3n) is 4.55. The lowest BCUT2D eigenvalue weighted by Gasteiger charge is -2.18. The lowest BCUT2D eigenvalue weighted by Crippen LogP contribution is -2.30. The average Bonchev–Trinajstić information content (AvgIpc) is 3.38. The Morgan fingerprint density at radius 2 is 1.94 bits per heavy atom.